The van der Waals surface area contributed by atoms with Crippen LogP contribution in [0.3, 0.4) is 0 Å². The Labute approximate surface area is 121 Å². The molecular weight excluding hydrogens is 252 g/mol. The number of nitrogens with one attached hydrogen (secondary N) is 1. The van der Waals surface area contributed by atoms with Crippen LogP contribution >= 0.6 is 0 Å². The maximum atomic E-state index is 5.16. The molecule has 0 spiro atoms. The Morgan fingerprint density at radius 3 is 2.75 bits per heavy atom. The van der Waals surface area contributed by atoms with E-state index in [9.17, 15) is 0 Å². The monoisotopic (exact) mass is 276 g/mol. The first-order chi connectivity index (χ1) is 9.69. The Balaban J connectivity index is 1.91. The zero-order valence-electron chi connectivity index (χ0n) is 12.6. The van der Waals surface area contributed by atoms with E-state index < -0.39 is 0 Å². The van der Waals surface area contributed by atoms with Gasteiger partial charge in [0.2, 0.25) is 0 Å². The fourth-order valence-corrected chi connectivity index (χ4v) is 2.16. The summed E-state index contributed by atoms with van der Waals surface area (Å²) in [6.45, 7) is 7.62. The maximum absolute atomic E-state index is 5.16. The van der Waals surface area contributed by atoms with E-state index in [1.165, 1.54) is 5.57 Å². The molecule has 20 heavy (non-hydrogen) atoms. The van der Waals surface area contributed by atoms with Crippen LogP contribution in [0.4, 0.5) is 5.82 Å². The van der Waals surface area contributed by atoms with Crippen molar-refractivity contribution in [2.24, 2.45) is 0 Å². The van der Waals surface area contributed by atoms with Crippen molar-refractivity contribution in [2.75, 3.05) is 31.7 Å². The molecule has 110 valence electrons. The van der Waals surface area contributed by atoms with Crippen molar-refractivity contribution in [1.82, 2.24) is 15.5 Å². The molecule has 0 bridgehead atoms. The molecule has 1 aromatic rings. The molecule has 0 saturated heterocycles. The van der Waals surface area contributed by atoms with Gasteiger partial charge in [0.1, 0.15) is 0 Å². The average Bonchev–Trinajstić information content (AvgIpc) is 2.47. The summed E-state index contributed by atoms with van der Waals surface area (Å²) in [6, 6.07) is 4.56. The van der Waals surface area contributed by atoms with Crippen LogP contribution in [0.15, 0.2) is 23.8 Å². The Bertz CT molecular complexity index is 442. The second kappa shape index (κ2) is 7.36. The molecule has 1 aliphatic rings. The van der Waals surface area contributed by atoms with Crippen LogP contribution in [0.25, 0.3) is 0 Å². The molecule has 0 aromatic carbocycles. The predicted octanol–water partition coefficient (Wildman–Crippen LogP) is 1.76. The van der Waals surface area contributed by atoms with Crippen molar-refractivity contribution >= 4 is 5.82 Å². The number of hydrogen-bond acceptors (Lipinski definition) is 5. The molecular formula is C15H24N4O. The van der Waals surface area contributed by atoms with Crippen LogP contribution in [-0.4, -0.2) is 43.0 Å². The topological polar surface area (TPSA) is 50.3 Å². The second-order valence-electron chi connectivity index (χ2n) is 5.41. The molecule has 2 rings (SSSR count). The summed E-state index contributed by atoms with van der Waals surface area (Å²) in [5.74, 6) is 0.950. The normalized spacial score (nSPS) is 15.6. The van der Waals surface area contributed by atoms with Gasteiger partial charge in [-0.2, -0.15) is 5.10 Å². The summed E-state index contributed by atoms with van der Waals surface area (Å²) in [5.41, 5.74) is 2.35. The van der Waals surface area contributed by atoms with E-state index in [2.05, 4.69) is 46.4 Å². The largest absolute Gasteiger partial charge is 0.380 e. The van der Waals surface area contributed by atoms with Crippen LogP contribution in [0, 0.1) is 0 Å². The lowest BCUT2D eigenvalue weighted by atomic mass is 10.1. The highest BCUT2D eigenvalue weighted by Crippen LogP contribution is 2.17. The van der Waals surface area contributed by atoms with E-state index in [4.69, 9.17) is 4.74 Å². The van der Waals surface area contributed by atoms with Gasteiger partial charge in [-0.3, -0.25) is 0 Å². The summed E-state index contributed by atoms with van der Waals surface area (Å²) in [5, 5.41) is 11.9. The van der Waals surface area contributed by atoms with Crippen LogP contribution in [0.5, 0.6) is 0 Å². The lowest BCUT2D eigenvalue weighted by Gasteiger charge is -2.26. The highest BCUT2D eigenvalue weighted by atomic mass is 16.5. The molecule has 1 aromatic heterocycles. The zero-order chi connectivity index (χ0) is 14.4. The minimum absolute atomic E-state index is 0.461. The van der Waals surface area contributed by atoms with Gasteiger partial charge in [-0.05, 0) is 24.1 Å². The number of rotatable bonds is 6. The Kier molecular flexibility index (Phi) is 5.49. The van der Waals surface area contributed by atoms with Crippen LogP contribution in [0.2, 0.25) is 0 Å². The lowest BCUT2D eigenvalue weighted by Crippen LogP contribution is -2.30. The van der Waals surface area contributed by atoms with E-state index >= 15 is 0 Å². The molecule has 1 N–H and O–H groups in total. The minimum atomic E-state index is 0.461. The Morgan fingerprint density at radius 2 is 2.20 bits per heavy atom. The second-order valence-corrected chi connectivity index (χ2v) is 5.41. The third-order valence-electron chi connectivity index (χ3n) is 3.35. The van der Waals surface area contributed by atoms with Crippen molar-refractivity contribution in [1.29, 1.82) is 0 Å². The maximum Gasteiger partial charge on any atom is 0.151 e. The first kappa shape index (κ1) is 14.9. The molecule has 0 aliphatic carbocycles. The quantitative estimate of drug-likeness (QED) is 0.802. The molecule has 0 amide bonds. The van der Waals surface area contributed by atoms with Crippen LogP contribution in [-0.2, 0) is 11.3 Å². The van der Waals surface area contributed by atoms with E-state index in [-0.39, 0.29) is 0 Å². The van der Waals surface area contributed by atoms with Crippen molar-refractivity contribution in [3.63, 3.8) is 0 Å². The van der Waals surface area contributed by atoms with Gasteiger partial charge in [0.15, 0.2) is 5.82 Å². The van der Waals surface area contributed by atoms with E-state index in [1.54, 1.807) is 7.11 Å². The molecule has 5 nitrogen and oxygen atoms in total. The van der Waals surface area contributed by atoms with Gasteiger partial charge in [-0.25, -0.2) is 0 Å². The van der Waals surface area contributed by atoms with Gasteiger partial charge in [-0.15, -0.1) is 5.10 Å². The number of hydrogen-bond donors (Lipinski definition) is 1. The standard InChI is InChI=1S/C15H24N4O/c1-12(2)16-10-14-4-5-15(18-17-14)19-8-6-13(7-9-19)11-20-3/h4-6,12,16H,7-11H2,1-3H3. The van der Waals surface area contributed by atoms with Crippen molar-refractivity contribution in [3.05, 3.63) is 29.5 Å². The first-order valence-corrected chi connectivity index (χ1v) is 7.17. The van der Waals surface area contributed by atoms with E-state index in [0.717, 1.165) is 44.2 Å². The molecule has 0 saturated carbocycles. The number of methoxy groups -OCH3 is 1. The summed E-state index contributed by atoms with van der Waals surface area (Å²) in [4.78, 5) is 2.24. The molecule has 5 heteroatoms. The highest BCUT2D eigenvalue weighted by Gasteiger charge is 2.13. The van der Waals surface area contributed by atoms with Crippen LogP contribution < -0.4 is 10.2 Å². The van der Waals surface area contributed by atoms with Crippen molar-refractivity contribution in [3.8, 4) is 0 Å². The van der Waals surface area contributed by atoms with Gasteiger partial charge in [0.05, 0.1) is 12.3 Å². The first-order valence-electron chi connectivity index (χ1n) is 7.17. The fraction of sp³-hybridized carbons (Fsp3) is 0.600. The molecule has 1 aliphatic heterocycles. The third-order valence-corrected chi connectivity index (χ3v) is 3.35. The smallest absolute Gasteiger partial charge is 0.151 e. The number of anilines is 1. The number of nitrogens with zero attached hydrogens (tertiary/aromatic N) is 3. The third kappa shape index (κ3) is 4.28. The Morgan fingerprint density at radius 1 is 1.35 bits per heavy atom. The average molecular weight is 276 g/mol. The Hall–Kier alpha value is -1.46. The zero-order valence-corrected chi connectivity index (χ0v) is 12.6. The molecule has 0 unspecified atom stereocenters. The highest BCUT2D eigenvalue weighted by molar-refractivity contribution is 5.40. The summed E-state index contributed by atoms with van der Waals surface area (Å²) < 4.78 is 5.16. The predicted molar refractivity (Wildman–Crippen MR) is 80.8 cm³/mol. The van der Waals surface area contributed by atoms with Crippen molar-refractivity contribution < 1.29 is 4.74 Å². The fourth-order valence-electron chi connectivity index (χ4n) is 2.16. The summed E-state index contributed by atoms with van der Waals surface area (Å²) >= 11 is 0. The minimum Gasteiger partial charge on any atom is -0.380 e. The van der Waals surface area contributed by atoms with E-state index in [0.29, 0.717) is 6.04 Å². The molecule has 0 atom stereocenters. The molecule has 0 radical (unpaired) electrons. The molecule has 0 fully saturated rings. The lowest BCUT2D eigenvalue weighted by molar-refractivity contribution is 0.222. The van der Waals surface area contributed by atoms with Gasteiger partial charge < -0.3 is 15.0 Å². The van der Waals surface area contributed by atoms with Gasteiger partial charge in [0.25, 0.3) is 0 Å². The van der Waals surface area contributed by atoms with Gasteiger partial charge in [0, 0.05) is 32.8 Å². The summed E-state index contributed by atoms with van der Waals surface area (Å²) in [7, 11) is 1.74. The molecule has 2 heterocycles. The van der Waals surface area contributed by atoms with Crippen LogP contribution in [0.1, 0.15) is 26.0 Å². The number of aromatic nitrogens is 2. The van der Waals surface area contributed by atoms with Gasteiger partial charge >= 0.3 is 0 Å². The SMILES string of the molecule is COCC1=CCN(c2ccc(CNC(C)C)nn2)CC1. The number of ether oxygens (including phenoxy) is 1. The van der Waals surface area contributed by atoms with E-state index in [1.807, 2.05) is 6.07 Å². The summed E-state index contributed by atoms with van der Waals surface area (Å²) in [6.07, 6.45) is 3.26. The van der Waals surface area contributed by atoms with Gasteiger partial charge in [-0.1, -0.05) is 19.9 Å². The van der Waals surface area contributed by atoms with Crippen molar-refractivity contribution in [2.45, 2.75) is 32.9 Å².